The Morgan fingerprint density at radius 3 is 2.64 bits per heavy atom. The van der Waals surface area contributed by atoms with Gasteiger partial charge < -0.3 is 0 Å². The summed E-state index contributed by atoms with van der Waals surface area (Å²) in [6.45, 7) is 2.04. The number of rotatable bonds is 3. The summed E-state index contributed by atoms with van der Waals surface area (Å²) >= 11 is 11.2. The van der Waals surface area contributed by atoms with Crippen LogP contribution >= 0.6 is 23.8 Å². The van der Waals surface area contributed by atoms with E-state index >= 15 is 0 Å². The monoisotopic (exact) mass is 328 g/mol. The van der Waals surface area contributed by atoms with Gasteiger partial charge >= 0.3 is 0 Å². The average Bonchev–Trinajstić information content (AvgIpc) is 2.88. The highest BCUT2D eigenvalue weighted by atomic mass is 35.5. The molecule has 0 atom stereocenters. The number of nitrogens with zero attached hydrogens (tertiary/aromatic N) is 3. The Hall–Kier alpha value is -2.24. The molecule has 3 aromatic rings. The van der Waals surface area contributed by atoms with Gasteiger partial charge in [0.25, 0.3) is 0 Å². The summed E-state index contributed by atoms with van der Waals surface area (Å²) in [4.78, 5) is 0. The van der Waals surface area contributed by atoms with E-state index in [0.29, 0.717) is 15.6 Å². The molecule has 110 valence electrons. The first-order valence-corrected chi connectivity index (χ1v) is 7.47. The lowest BCUT2D eigenvalue weighted by Crippen LogP contribution is -1.96. The molecule has 22 heavy (non-hydrogen) atoms. The molecule has 0 bridgehead atoms. The van der Waals surface area contributed by atoms with Crippen LogP contribution in [-0.4, -0.2) is 21.1 Å². The Balaban J connectivity index is 2.01. The van der Waals surface area contributed by atoms with Crippen LogP contribution in [-0.2, 0) is 0 Å². The minimum absolute atomic E-state index is 0.440. The van der Waals surface area contributed by atoms with E-state index in [2.05, 4.69) is 15.3 Å². The molecule has 4 nitrogen and oxygen atoms in total. The number of nitrogens with one attached hydrogen (secondary N) is 1. The van der Waals surface area contributed by atoms with Gasteiger partial charge in [-0.25, -0.2) is 5.10 Å². The van der Waals surface area contributed by atoms with Gasteiger partial charge in [0.2, 0.25) is 4.77 Å². The van der Waals surface area contributed by atoms with Gasteiger partial charge in [-0.1, -0.05) is 35.9 Å². The molecule has 0 saturated heterocycles. The molecule has 0 aliphatic heterocycles. The van der Waals surface area contributed by atoms with Crippen LogP contribution in [0.5, 0.6) is 0 Å². The molecular weight excluding hydrogens is 316 g/mol. The van der Waals surface area contributed by atoms with Crippen molar-refractivity contribution in [1.29, 1.82) is 0 Å². The minimum Gasteiger partial charge on any atom is -0.250 e. The van der Waals surface area contributed by atoms with Crippen LogP contribution in [0, 0.1) is 11.7 Å². The maximum absolute atomic E-state index is 5.92. The molecule has 2 aromatic carbocycles. The van der Waals surface area contributed by atoms with E-state index in [1.54, 1.807) is 10.9 Å². The molecule has 0 aliphatic carbocycles. The van der Waals surface area contributed by atoms with Gasteiger partial charge in [0.05, 0.1) is 6.21 Å². The number of hydrogen-bond donors (Lipinski definition) is 1. The zero-order chi connectivity index (χ0) is 15.5. The third kappa shape index (κ3) is 3.00. The molecule has 0 saturated carbocycles. The van der Waals surface area contributed by atoms with Crippen molar-refractivity contribution in [3.05, 3.63) is 69.5 Å². The topological polar surface area (TPSA) is 46.0 Å². The second-order valence-electron chi connectivity index (χ2n) is 4.77. The molecule has 0 aliphatic rings. The first kappa shape index (κ1) is 14.7. The summed E-state index contributed by atoms with van der Waals surface area (Å²) in [6, 6.07) is 15.4. The third-order valence-electron chi connectivity index (χ3n) is 3.25. The normalized spacial score (nSPS) is 11.2. The fraction of sp³-hybridized carbons (Fsp3) is 0.0625. The van der Waals surface area contributed by atoms with Gasteiger partial charge in [-0.3, -0.25) is 0 Å². The van der Waals surface area contributed by atoms with Gasteiger partial charge in [-0.2, -0.15) is 14.9 Å². The number of H-pyrrole nitrogens is 1. The first-order valence-electron chi connectivity index (χ1n) is 6.68. The Kier molecular flexibility index (Phi) is 4.18. The SMILES string of the molecule is Cc1ccccc1C=Nn1c(-c2ccc(Cl)cc2)n[nH]c1=S. The van der Waals surface area contributed by atoms with Gasteiger partial charge in [-0.15, -0.1) is 0 Å². The average molecular weight is 329 g/mol. The van der Waals surface area contributed by atoms with E-state index in [1.807, 2.05) is 55.5 Å². The Morgan fingerprint density at radius 1 is 1.18 bits per heavy atom. The maximum atomic E-state index is 5.92. The molecule has 0 unspecified atom stereocenters. The van der Waals surface area contributed by atoms with Crippen molar-refractivity contribution >= 4 is 30.0 Å². The highest BCUT2D eigenvalue weighted by Gasteiger charge is 2.07. The third-order valence-corrected chi connectivity index (χ3v) is 3.77. The van der Waals surface area contributed by atoms with E-state index in [9.17, 15) is 0 Å². The zero-order valence-corrected chi connectivity index (χ0v) is 13.4. The van der Waals surface area contributed by atoms with Gasteiger partial charge in [0, 0.05) is 10.6 Å². The first-order chi connectivity index (χ1) is 10.6. The lowest BCUT2D eigenvalue weighted by Gasteiger charge is -2.02. The molecule has 6 heteroatoms. The molecule has 1 N–H and O–H groups in total. The van der Waals surface area contributed by atoms with E-state index in [0.717, 1.165) is 16.7 Å². The lowest BCUT2D eigenvalue weighted by molar-refractivity contribution is 0.871. The van der Waals surface area contributed by atoms with Crippen LogP contribution < -0.4 is 0 Å². The summed E-state index contributed by atoms with van der Waals surface area (Å²) in [6.07, 6.45) is 1.78. The number of benzene rings is 2. The van der Waals surface area contributed by atoms with E-state index in [1.165, 1.54) is 0 Å². The highest BCUT2D eigenvalue weighted by Crippen LogP contribution is 2.19. The van der Waals surface area contributed by atoms with Crippen LogP contribution in [0.3, 0.4) is 0 Å². The second kappa shape index (κ2) is 6.25. The van der Waals surface area contributed by atoms with Crippen molar-refractivity contribution in [3.8, 4) is 11.4 Å². The summed E-state index contributed by atoms with van der Waals surface area (Å²) < 4.78 is 2.04. The number of aromatic nitrogens is 3. The number of hydrogen-bond acceptors (Lipinski definition) is 3. The summed E-state index contributed by atoms with van der Waals surface area (Å²) in [5, 5.41) is 12.1. The second-order valence-corrected chi connectivity index (χ2v) is 5.60. The molecule has 3 rings (SSSR count). The van der Waals surface area contributed by atoms with Gasteiger partial charge in [-0.05, 0) is 54.5 Å². The van der Waals surface area contributed by atoms with E-state index < -0.39 is 0 Å². The molecule has 1 aromatic heterocycles. The van der Waals surface area contributed by atoms with Crippen molar-refractivity contribution in [2.75, 3.05) is 0 Å². The largest absolute Gasteiger partial charge is 0.250 e. The molecule has 0 spiro atoms. The van der Waals surface area contributed by atoms with Crippen molar-refractivity contribution < 1.29 is 0 Å². The molecular formula is C16H13ClN4S. The summed E-state index contributed by atoms with van der Waals surface area (Å²) in [5.41, 5.74) is 3.07. The van der Waals surface area contributed by atoms with E-state index in [4.69, 9.17) is 23.8 Å². The lowest BCUT2D eigenvalue weighted by atomic mass is 10.1. The summed E-state index contributed by atoms with van der Waals surface area (Å²) in [5.74, 6) is 0.645. The van der Waals surface area contributed by atoms with Crippen LogP contribution in [0.1, 0.15) is 11.1 Å². The minimum atomic E-state index is 0.440. The van der Waals surface area contributed by atoms with Gasteiger partial charge in [0.15, 0.2) is 5.82 Å². The molecule has 0 fully saturated rings. The van der Waals surface area contributed by atoms with Crippen LogP contribution in [0.25, 0.3) is 11.4 Å². The standard InChI is InChI=1S/C16H13ClN4S/c1-11-4-2-3-5-13(11)10-18-21-15(19-20-16(21)22)12-6-8-14(17)9-7-12/h2-10H,1H3,(H,20,22). The van der Waals surface area contributed by atoms with E-state index in [-0.39, 0.29) is 0 Å². The van der Waals surface area contributed by atoms with Crippen LogP contribution in [0.4, 0.5) is 0 Å². The Bertz CT molecular complexity index is 878. The predicted molar refractivity (Wildman–Crippen MR) is 92.0 cm³/mol. The smallest absolute Gasteiger partial charge is 0.216 e. The Labute approximate surface area is 138 Å². The van der Waals surface area contributed by atoms with Crippen molar-refractivity contribution in [3.63, 3.8) is 0 Å². The van der Waals surface area contributed by atoms with Crippen molar-refractivity contribution in [2.24, 2.45) is 5.10 Å². The van der Waals surface area contributed by atoms with Gasteiger partial charge in [0.1, 0.15) is 0 Å². The zero-order valence-electron chi connectivity index (χ0n) is 11.8. The number of aromatic amines is 1. The molecule has 0 radical (unpaired) electrons. The maximum Gasteiger partial charge on any atom is 0.216 e. The van der Waals surface area contributed by atoms with Crippen molar-refractivity contribution in [1.82, 2.24) is 14.9 Å². The van der Waals surface area contributed by atoms with Crippen LogP contribution in [0.2, 0.25) is 5.02 Å². The van der Waals surface area contributed by atoms with Crippen LogP contribution in [0.15, 0.2) is 53.6 Å². The predicted octanol–water partition coefficient (Wildman–Crippen LogP) is 4.45. The van der Waals surface area contributed by atoms with Crippen molar-refractivity contribution in [2.45, 2.75) is 6.92 Å². The number of halogens is 1. The summed E-state index contributed by atoms with van der Waals surface area (Å²) in [7, 11) is 0. The Morgan fingerprint density at radius 2 is 1.91 bits per heavy atom. The quantitative estimate of drug-likeness (QED) is 0.570. The fourth-order valence-electron chi connectivity index (χ4n) is 2.04. The molecule has 0 amide bonds. The molecule has 1 heterocycles. The number of aryl methyl sites for hydroxylation is 1. The fourth-order valence-corrected chi connectivity index (χ4v) is 2.34. The highest BCUT2D eigenvalue weighted by molar-refractivity contribution is 7.71.